The van der Waals surface area contributed by atoms with E-state index in [1.807, 2.05) is 50.2 Å². The quantitative estimate of drug-likeness (QED) is 0.0347. The monoisotopic (exact) mass is 1060 g/mol. The Labute approximate surface area is 450 Å². The van der Waals surface area contributed by atoms with Crippen molar-refractivity contribution in [2.45, 2.75) is 87.8 Å². The Morgan fingerprint density at radius 2 is 0.827 bits per heavy atom. The van der Waals surface area contributed by atoms with E-state index in [0.29, 0.717) is 50.8 Å². The van der Waals surface area contributed by atoms with E-state index in [9.17, 15) is 19.6 Å². The highest BCUT2D eigenvalue weighted by atomic mass is 32.2. The van der Waals surface area contributed by atoms with E-state index >= 15 is 0 Å². The summed E-state index contributed by atoms with van der Waals surface area (Å²) in [4.78, 5) is 44.1. The van der Waals surface area contributed by atoms with E-state index in [0.717, 1.165) is 76.6 Å². The summed E-state index contributed by atoms with van der Waals surface area (Å²) in [6.45, 7) is 14.7. The van der Waals surface area contributed by atoms with Crippen LogP contribution < -0.4 is 9.05 Å². The topological polar surface area (TPSA) is 118 Å². The van der Waals surface area contributed by atoms with Crippen molar-refractivity contribution in [1.82, 2.24) is 0 Å². The van der Waals surface area contributed by atoms with Crippen LogP contribution in [0.2, 0.25) is 0 Å². The van der Waals surface area contributed by atoms with Crippen LogP contribution in [-0.2, 0) is 22.3 Å². The molecule has 4 N–H and O–H groups in total. The summed E-state index contributed by atoms with van der Waals surface area (Å²) in [5, 5.41) is 0. The number of rotatable bonds is 24. The second-order valence-corrected chi connectivity index (χ2v) is 21.2. The van der Waals surface area contributed by atoms with Crippen LogP contribution in [0.1, 0.15) is 121 Å². The maximum absolute atomic E-state index is 11.3. The molecule has 388 valence electrons. The molecule has 0 heterocycles. The molecule has 8 aromatic carbocycles. The highest BCUT2D eigenvalue weighted by molar-refractivity contribution is 7.99. The van der Waals surface area contributed by atoms with Gasteiger partial charge in [-0.2, -0.15) is 0 Å². The largest absolute Gasteiger partial charge is 0.427 e. The lowest BCUT2D eigenvalue weighted by Crippen LogP contribution is -2.13. The van der Waals surface area contributed by atoms with E-state index in [1.165, 1.54) is 11.1 Å². The lowest BCUT2D eigenvalue weighted by molar-refractivity contribution is 0.146. The minimum Gasteiger partial charge on any atom is -0.427 e. The molecule has 0 aliphatic heterocycles. The molecule has 0 fully saturated rings. The van der Waals surface area contributed by atoms with Gasteiger partial charge in [0.15, 0.2) is 0 Å². The van der Waals surface area contributed by atoms with E-state index in [4.69, 9.17) is 18.5 Å². The van der Waals surface area contributed by atoms with Crippen LogP contribution in [0.25, 0.3) is 22.3 Å². The number of benzene rings is 8. The molecule has 11 heteroatoms. The van der Waals surface area contributed by atoms with Crippen molar-refractivity contribution in [3.8, 4) is 33.8 Å². The van der Waals surface area contributed by atoms with E-state index in [1.54, 1.807) is 23.9 Å². The molecule has 0 saturated heterocycles. The molecule has 8 aromatic rings. The van der Waals surface area contributed by atoms with E-state index in [2.05, 4.69) is 161 Å². The molecule has 8 nitrogen and oxygen atoms in total. The predicted octanol–water partition coefficient (Wildman–Crippen LogP) is 16.1. The molecular weight excluding hydrogens is 991 g/mol. The van der Waals surface area contributed by atoms with Crippen LogP contribution in [0.15, 0.2) is 192 Å². The summed E-state index contributed by atoms with van der Waals surface area (Å²) < 4.78 is 24.3. The summed E-state index contributed by atoms with van der Waals surface area (Å²) in [6, 6.07) is 63.3. The van der Waals surface area contributed by atoms with Crippen molar-refractivity contribution in [3.63, 3.8) is 0 Å². The van der Waals surface area contributed by atoms with Crippen molar-refractivity contribution in [2.24, 2.45) is 0 Å². The molecule has 0 radical (unpaired) electrons. The fourth-order valence-electron chi connectivity index (χ4n) is 10.1. The average Bonchev–Trinajstić information content (AvgIpc) is 3.44. The molecular formula is C64H68O8P2S. The SMILES string of the molecule is CCOCCc1c(CCOCC)c(Sc2ccc(OP(O)O)cc2)c(-c2ccc(C(C)c3ccccc3)cc2C(C)c2ccccc2)c(-c2ccc(C(C)c3ccccc3)cc2C(C)c2ccccc2)c1OP(O)O. The van der Waals surface area contributed by atoms with Gasteiger partial charge in [-0.25, -0.2) is 0 Å². The lowest BCUT2D eigenvalue weighted by Gasteiger charge is -2.31. The molecule has 0 aromatic heterocycles. The first-order chi connectivity index (χ1) is 36.5. The average molecular weight is 1060 g/mol. The molecule has 4 atom stereocenters. The zero-order valence-electron chi connectivity index (χ0n) is 43.6. The number of ether oxygens (including phenoxy) is 2. The van der Waals surface area contributed by atoms with Gasteiger partial charge in [-0.1, -0.05) is 197 Å². The van der Waals surface area contributed by atoms with Crippen LogP contribution in [0, 0.1) is 0 Å². The molecule has 0 aliphatic rings. The van der Waals surface area contributed by atoms with Crippen LogP contribution in [-0.4, -0.2) is 46.0 Å². The van der Waals surface area contributed by atoms with Gasteiger partial charge in [0.1, 0.15) is 11.5 Å². The summed E-state index contributed by atoms with van der Waals surface area (Å²) in [7, 11) is -5.56. The zero-order chi connectivity index (χ0) is 52.8. The van der Waals surface area contributed by atoms with Crippen LogP contribution in [0.4, 0.5) is 0 Å². The van der Waals surface area contributed by atoms with Gasteiger partial charge in [0.05, 0.1) is 13.2 Å². The number of hydrogen-bond donors (Lipinski definition) is 4. The van der Waals surface area contributed by atoms with Gasteiger partial charge in [-0.05, 0) is 112 Å². The third-order valence-electron chi connectivity index (χ3n) is 14.2. The molecule has 75 heavy (non-hydrogen) atoms. The predicted molar refractivity (Wildman–Crippen MR) is 308 cm³/mol. The molecule has 0 saturated carbocycles. The van der Waals surface area contributed by atoms with Gasteiger partial charge in [-0.15, -0.1) is 0 Å². The van der Waals surface area contributed by atoms with Crippen molar-refractivity contribution in [2.75, 3.05) is 26.4 Å². The van der Waals surface area contributed by atoms with Gasteiger partial charge < -0.3 is 38.1 Å². The second-order valence-electron chi connectivity index (χ2n) is 18.7. The van der Waals surface area contributed by atoms with Gasteiger partial charge >= 0.3 is 17.2 Å². The Balaban J connectivity index is 1.56. The van der Waals surface area contributed by atoms with Gasteiger partial charge in [0.25, 0.3) is 0 Å². The molecule has 0 bridgehead atoms. The smallest absolute Gasteiger partial charge is 0.391 e. The molecule has 0 spiro atoms. The Bertz CT molecular complexity index is 3070. The standard InChI is InChI=1S/C64H68O8P2S/c1-7-69-39-37-57-58(38-40-70-8-2)64(75-54-33-31-53(32-34-54)71-73(65)66)62(56-36-30-52(44(4)48-23-15-10-16-24-48)42-60(56)46(6)50-27-19-12-20-28-50)61(63(57)72-74(67)68)55-35-29-51(43(3)47-21-13-9-14-22-47)41-59(55)45(5)49-25-17-11-18-26-49/h9-36,41-46,65-68H,7-8,37-40H2,1-6H3. The maximum atomic E-state index is 11.3. The Morgan fingerprint density at radius 3 is 1.24 bits per heavy atom. The highest BCUT2D eigenvalue weighted by Gasteiger charge is 2.33. The normalized spacial score (nSPS) is 13.2. The summed E-state index contributed by atoms with van der Waals surface area (Å²) in [5.41, 5.74) is 14.4. The van der Waals surface area contributed by atoms with Crippen LogP contribution in [0.3, 0.4) is 0 Å². The maximum Gasteiger partial charge on any atom is 0.391 e. The minimum absolute atomic E-state index is 0.0614. The fraction of sp³-hybridized carbons (Fsp3) is 0.250. The van der Waals surface area contributed by atoms with E-state index in [-0.39, 0.29) is 23.7 Å². The van der Waals surface area contributed by atoms with Gasteiger partial charge in [0, 0.05) is 63.4 Å². The Morgan fingerprint density at radius 1 is 0.427 bits per heavy atom. The first-order valence-electron chi connectivity index (χ1n) is 25.8. The van der Waals surface area contributed by atoms with Crippen molar-refractivity contribution in [1.29, 1.82) is 0 Å². The summed E-state index contributed by atoms with van der Waals surface area (Å²) in [6.07, 6.45) is 0.884. The van der Waals surface area contributed by atoms with Gasteiger partial charge in [-0.3, -0.25) is 0 Å². The van der Waals surface area contributed by atoms with Gasteiger partial charge in [0.2, 0.25) is 0 Å². The summed E-state index contributed by atoms with van der Waals surface area (Å²) >= 11 is 1.60. The molecule has 4 unspecified atom stereocenters. The van der Waals surface area contributed by atoms with Crippen molar-refractivity contribution >= 4 is 29.0 Å². The van der Waals surface area contributed by atoms with Crippen molar-refractivity contribution in [3.05, 3.63) is 238 Å². The Kier molecular flexibility index (Phi) is 19.9. The highest BCUT2D eigenvalue weighted by Crippen LogP contribution is 2.56. The zero-order valence-corrected chi connectivity index (χ0v) is 46.2. The fourth-order valence-corrected chi connectivity index (χ4v) is 12.0. The van der Waals surface area contributed by atoms with Crippen LogP contribution >= 0.6 is 29.0 Å². The Hall–Kier alpha value is -5.67. The van der Waals surface area contributed by atoms with Crippen molar-refractivity contribution < 1.29 is 38.1 Å². The molecule has 0 aliphatic carbocycles. The molecule has 8 rings (SSSR count). The lowest BCUT2D eigenvalue weighted by atomic mass is 9.77. The van der Waals surface area contributed by atoms with Crippen LogP contribution in [0.5, 0.6) is 11.5 Å². The third kappa shape index (κ3) is 13.7. The second kappa shape index (κ2) is 26.9. The number of hydrogen-bond acceptors (Lipinski definition) is 9. The first kappa shape index (κ1) is 55.6. The molecule has 0 amide bonds. The summed E-state index contributed by atoms with van der Waals surface area (Å²) in [5.74, 6) is 0.636. The third-order valence-corrected chi connectivity index (χ3v) is 16.1. The minimum atomic E-state index is -2.94. The van der Waals surface area contributed by atoms with E-state index < -0.39 is 17.2 Å². The first-order valence-corrected chi connectivity index (χ1v) is 29.0.